The lowest BCUT2D eigenvalue weighted by Gasteiger charge is -2.30. The summed E-state index contributed by atoms with van der Waals surface area (Å²) >= 11 is 0. The van der Waals surface area contributed by atoms with Gasteiger partial charge in [0.1, 0.15) is 11.6 Å². The Hall–Kier alpha value is -3.12. The molecular weight excluding hydrogens is 392 g/mol. The van der Waals surface area contributed by atoms with Gasteiger partial charge >= 0.3 is 11.4 Å². The van der Waals surface area contributed by atoms with Crippen molar-refractivity contribution in [2.45, 2.75) is 0 Å². The highest BCUT2D eigenvalue weighted by Crippen LogP contribution is 2.09. The molecule has 4 N–H and O–H groups in total. The smallest absolute Gasteiger partial charge is 0.329 e. The molecule has 0 atom stereocenters. The number of hydrogen-bond acceptors (Lipinski definition) is 8. The first-order valence-corrected chi connectivity index (χ1v) is 9.89. The third-order valence-corrected chi connectivity index (χ3v) is 5.16. The maximum Gasteiger partial charge on any atom is 0.329 e. The first-order chi connectivity index (χ1) is 14.4. The maximum absolute atomic E-state index is 11.9. The number of aromatic amines is 2. The Morgan fingerprint density at radius 2 is 0.967 bits per heavy atom. The molecule has 0 saturated carbocycles. The van der Waals surface area contributed by atoms with Gasteiger partial charge in [0.2, 0.25) is 0 Å². The first kappa shape index (κ1) is 21.6. The molecule has 12 heteroatoms. The minimum absolute atomic E-state index is 0.417. The molecular formula is C18H28N8O4. The summed E-state index contributed by atoms with van der Waals surface area (Å²) in [5.41, 5.74) is -1.72. The molecule has 0 bridgehead atoms. The van der Waals surface area contributed by atoms with Gasteiger partial charge in [0.05, 0.1) is 0 Å². The van der Waals surface area contributed by atoms with E-state index in [1.54, 1.807) is 14.1 Å². The molecule has 0 amide bonds. The summed E-state index contributed by atoms with van der Waals surface area (Å²) in [7, 11) is 3.27. The molecule has 0 radical (unpaired) electrons. The zero-order valence-electron chi connectivity index (χ0n) is 17.2. The summed E-state index contributed by atoms with van der Waals surface area (Å²) in [5, 5.41) is 6.70. The van der Waals surface area contributed by atoms with Gasteiger partial charge in [0.15, 0.2) is 0 Å². The SMILES string of the molecule is Cn1c(N2CCNCCN(c3cc(=O)[nH]c(=O)n3C)CCNCC2)cc(=O)[nH]c1=O. The van der Waals surface area contributed by atoms with Crippen LogP contribution in [0.4, 0.5) is 11.6 Å². The van der Waals surface area contributed by atoms with Gasteiger partial charge in [-0.15, -0.1) is 0 Å². The molecule has 1 fully saturated rings. The molecule has 1 aliphatic heterocycles. The quantitative estimate of drug-likeness (QED) is 0.402. The summed E-state index contributed by atoms with van der Waals surface area (Å²) in [6.07, 6.45) is 0. The fourth-order valence-corrected chi connectivity index (χ4v) is 3.48. The van der Waals surface area contributed by atoms with Crippen LogP contribution in [0.5, 0.6) is 0 Å². The summed E-state index contributed by atoms with van der Waals surface area (Å²) in [4.78, 5) is 55.9. The van der Waals surface area contributed by atoms with Crippen molar-refractivity contribution >= 4 is 11.6 Å². The van der Waals surface area contributed by atoms with Crippen LogP contribution in [0.2, 0.25) is 0 Å². The summed E-state index contributed by atoms with van der Waals surface area (Å²) in [6, 6.07) is 2.87. The minimum Gasteiger partial charge on any atom is -0.355 e. The van der Waals surface area contributed by atoms with Crippen molar-refractivity contribution in [2.24, 2.45) is 14.1 Å². The van der Waals surface area contributed by atoms with Crippen LogP contribution in [0, 0.1) is 0 Å². The van der Waals surface area contributed by atoms with Crippen molar-refractivity contribution in [1.82, 2.24) is 29.7 Å². The molecule has 2 aromatic heterocycles. The molecule has 12 nitrogen and oxygen atoms in total. The Morgan fingerprint density at radius 1 is 0.633 bits per heavy atom. The summed E-state index contributed by atoms with van der Waals surface area (Å²) in [6.45, 7) is 5.02. The third kappa shape index (κ3) is 5.07. The lowest BCUT2D eigenvalue weighted by molar-refractivity contribution is 0.573. The van der Waals surface area contributed by atoms with Crippen molar-refractivity contribution < 1.29 is 0 Å². The van der Waals surface area contributed by atoms with Gasteiger partial charge in [0, 0.05) is 78.6 Å². The number of aromatic nitrogens is 4. The highest BCUT2D eigenvalue weighted by molar-refractivity contribution is 5.39. The zero-order chi connectivity index (χ0) is 21.7. The van der Waals surface area contributed by atoms with Crippen LogP contribution < -0.4 is 42.9 Å². The van der Waals surface area contributed by atoms with Crippen LogP contribution in [0.1, 0.15) is 0 Å². The molecule has 0 spiro atoms. The fraction of sp³-hybridized carbons (Fsp3) is 0.556. The van der Waals surface area contributed by atoms with Crippen LogP contribution in [0.3, 0.4) is 0 Å². The van der Waals surface area contributed by atoms with Gasteiger partial charge in [-0.25, -0.2) is 9.59 Å². The molecule has 0 unspecified atom stereocenters. The summed E-state index contributed by atoms with van der Waals surface area (Å²) < 4.78 is 2.87. The van der Waals surface area contributed by atoms with E-state index in [1.165, 1.54) is 21.3 Å². The van der Waals surface area contributed by atoms with Crippen LogP contribution >= 0.6 is 0 Å². The molecule has 1 aliphatic rings. The molecule has 30 heavy (non-hydrogen) atoms. The normalized spacial score (nSPS) is 16.7. The fourth-order valence-electron chi connectivity index (χ4n) is 3.48. The van der Waals surface area contributed by atoms with E-state index in [0.717, 1.165) is 0 Å². The van der Waals surface area contributed by atoms with E-state index in [4.69, 9.17) is 0 Å². The Bertz CT molecular complexity index is 999. The topological polar surface area (TPSA) is 140 Å². The van der Waals surface area contributed by atoms with Crippen LogP contribution in [0.15, 0.2) is 31.3 Å². The molecule has 1 saturated heterocycles. The zero-order valence-corrected chi connectivity index (χ0v) is 17.2. The second-order valence-electron chi connectivity index (χ2n) is 7.19. The largest absolute Gasteiger partial charge is 0.355 e. The number of nitrogens with one attached hydrogen (secondary N) is 4. The minimum atomic E-state index is -0.441. The van der Waals surface area contributed by atoms with Crippen molar-refractivity contribution in [3.05, 3.63) is 53.8 Å². The van der Waals surface area contributed by atoms with Crippen LogP contribution in [0.25, 0.3) is 0 Å². The van der Waals surface area contributed by atoms with E-state index in [2.05, 4.69) is 20.6 Å². The van der Waals surface area contributed by atoms with E-state index in [-0.39, 0.29) is 0 Å². The van der Waals surface area contributed by atoms with Gasteiger partial charge in [0.25, 0.3) is 11.1 Å². The predicted octanol–water partition coefficient (Wildman–Crippen LogP) is -3.03. The Labute approximate surface area is 172 Å². The van der Waals surface area contributed by atoms with Crippen molar-refractivity contribution in [3.8, 4) is 0 Å². The van der Waals surface area contributed by atoms with Crippen molar-refractivity contribution in [3.63, 3.8) is 0 Å². The highest BCUT2D eigenvalue weighted by atomic mass is 16.2. The first-order valence-electron chi connectivity index (χ1n) is 9.89. The van der Waals surface area contributed by atoms with E-state index in [1.807, 2.05) is 9.80 Å². The van der Waals surface area contributed by atoms with E-state index in [0.29, 0.717) is 64.0 Å². The standard InChI is InChI=1S/C18H28N8O4/c1-23-15(11-13(27)21-17(23)29)25-7-3-19-5-9-26(10-6-20-4-8-25)16-12-14(28)22-18(30)24(16)2/h11-12,19-20H,3-10H2,1-2H3,(H,21,27,29)(H,22,28,30). The number of H-pyrrole nitrogens is 2. The monoisotopic (exact) mass is 420 g/mol. The van der Waals surface area contributed by atoms with Crippen molar-refractivity contribution in [2.75, 3.05) is 62.2 Å². The molecule has 2 aromatic rings. The predicted molar refractivity (Wildman–Crippen MR) is 115 cm³/mol. The van der Waals surface area contributed by atoms with E-state index in [9.17, 15) is 19.2 Å². The Balaban J connectivity index is 1.72. The van der Waals surface area contributed by atoms with Gasteiger partial charge < -0.3 is 20.4 Å². The van der Waals surface area contributed by atoms with Gasteiger partial charge in [-0.2, -0.15) is 0 Å². The Morgan fingerprint density at radius 3 is 1.30 bits per heavy atom. The number of nitrogens with zero attached hydrogens (tertiary/aromatic N) is 4. The second-order valence-corrected chi connectivity index (χ2v) is 7.19. The molecule has 3 rings (SSSR count). The molecule has 0 aliphatic carbocycles. The number of hydrogen-bond donors (Lipinski definition) is 4. The lowest BCUT2D eigenvalue weighted by Crippen LogP contribution is -2.46. The average Bonchev–Trinajstić information content (AvgIpc) is 2.68. The van der Waals surface area contributed by atoms with Gasteiger partial charge in [-0.1, -0.05) is 0 Å². The molecule has 0 aromatic carbocycles. The van der Waals surface area contributed by atoms with E-state index >= 15 is 0 Å². The van der Waals surface area contributed by atoms with Crippen LogP contribution in [-0.4, -0.2) is 71.5 Å². The third-order valence-electron chi connectivity index (χ3n) is 5.16. The van der Waals surface area contributed by atoms with Gasteiger partial charge in [-0.05, 0) is 0 Å². The lowest BCUT2D eigenvalue weighted by atomic mass is 10.3. The highest BCUT2D eigenvalue weighted by Gasteiger charge is 2.15. The Kier molecular flexibility index (Phi) is 6.90. The molecule has 3 heterocycles. The maximum atomic E-state index is 11.9. The number of rotatable bonds is 2. The summed E-state index contributed by atoms with van der Waals surface area (Å²) in [5.74, 6) is 1.15. The number of anilines is 2. The van der Waals surface area contributed by atoms with E-state index < -0.39 is 22.5 Å². The molecule has 164 valence electrons. The average molecular weight is 420 g/mol. The van der Waals surface area contributed by atoms with Gasteiger partial charge in [-0.3, -0.25) is 28.7 Å². The van der Waals surface area contributed by atoms with Crippen molar-refractivity contribution in [1.29, 1.82) is 0 Å². The van der Waals surface area contributed by atoms with Crippen LogP contribution in [-0.2, 0) is 14.1 Å². The second kappa shape index (κ2) is 9.59.